The van der Waals surface area contributed by atoms with Crippen molar-refractivity contribution in [1.82, 2.24) is 9.78 Å². The molecule has 0 aliphatic heterocycles. The van der Waals surface area contributed by atoms with Crippen LogP contribution in [0.1, 0.15) is 25.5 Å². The third kappa shape index (κ3) is 2.03. The molecule has 0 radical (unpaired) electrons. The summed E-state index contributed by atoms with van der Waals surface area (Å²) in [6.07, 6.45) is 6.90. The lowest BCUT2D eigenvalue weighted by molar-refractivity contribution is 0.312. The minimum atomic E-state index is 0.291. The van der Waals surface area contributed by atoms with E-state index in [1.165, 1.54) is 0 Å². The lowest BCUT2D eigenvalue weighted by atomic mass is 10.3. The van der Waals surface area contributed by atoms with Gasteiger partial charge in [0.25, 0.3) is 0 Å². The van der Waals surface area contributed by atoms with Crippen molar-refractivity contribution in [2.75, 3.05) is 6.61 Å². The average molecular weight is 178 g/mol. The summed E-state index contributed by atoms with van der Waals surface area (Å²) in [5, 5.41) is 4.19. The first kappa shape index (κ1) is 9.66. The number of rotatable bonds is 3. The molecule has 0 aromatic carbocycles. The van der Waals surface area contributed by atoms with Gasteiger partial charge < -0.3 is 4.74 Å². The van der Waals surface area contributed by atoms with Gasteiger partial charge in [-0.3, -0.25) is 0 Å². The lowest BCUT2D eigenvalue weighted by Crippen LogP contribution is -2.07. The van der Waals surface area contributed by atoms with Gasteiger partial charge in [-0.2, -0.15) is 5.10 Å². The minimum absolute atomic E-state index is 0.291. The summed E-state index contributed by atoms with van der Waals surface area (Å²) in [6, 6.07) is 0.293. The highest BCUT2D eigenvalue weighted by Gasteiger charge is 2.10. The van der Waals surface area contributed by atoms with Crippen LogP contribution in [0.4, 0.5) is 0 Å². The number of ether oxygens (including phenoxy) is 1. The zero-order chi connectivity index (χ0) is 9.84. The van der Waals surface area contributed by atoms with Gasteiger partial charge >= 0.3 is 0 Å². The molecule has 0 aliphatic rings. The predicted octanol–water partition coefficient (Wildman–Crippen LogP) is 1.78. The Bertz CT molecular complexity index is 320. The molecule has 1 aromatic heterocycles. The molecule has 0 unspecified atom stereocenters. The van der Waals surface area contributed by atoms with E-state index < -0.39 is 0 Å². The van der Waals surface area contributed by atoms with Crippen LogP contribution in [0.25, 0.3) is 0 Å². The zero-order valence-electron chi connectivity index (χ0n) is 8.24. The number of aromatic nitrogens is 2. The maximum atomic E-state index is 5.38. The normalized spacial score (nSPS) is 10.1. The summed E-state index contributed by atoms with van der Waals surface area (Å²) >= 11 is 0. The van der Waals surface area contributed by atoms with Gasteiger partial charge in [-0.05, 0) is 20.8 Å². The average Bonchev–Trinajstić information content (AvgIpc) is 2.43. The van der Waals surface area contributed by atoms with Crippen LogP contribution in [0.15, 0.2) is 6.20 Å². The maximum absolute atomic E-state index is 5.38. The highest BCUT2D eigenvalue weighted by molar-refractivity contribution is 5.23. The van der Waals surface area contributed by atoms with Crippen molar-refractivity contribution < 1.29 is 4.74 Å². The number of hydrogen-bond donors (Lipinski definition) is 0. The molecule has 0 saturated carbocycles. The molecule has 0 saturated heterocycles. The van der Waals surface area contributed by atoms with E-state index in [4.69, 9.17) is 11.2 Å². The topological polar surface area (TPSA) is 27.1 Å². The van der Waals surface area contributed by atoms with Gasteiger partial charge in [-0.25, -0.2) is 4.68 Å². The Hall–Kier alpha value is -1.43. The fourth-order valence-electron chi connectivity index (χ4n) is 1.09. The summed E-state index contributed by atoms with van der Waals surface area (Å²) in [5.41, 5.74) is 1.02. The van der Waals surface area contributed by atoms with E-state index >= 15 is 0 Å². The molecular weight excluding hydrogens is 164 g/mol. The van der Waals surface area contributed by atoms with Gasteiger partial charge in [0.2, 0.25) is 5.88 Å². The summed E-state index contributed by atoms with van der Waals surface area (Å²) in [4.78, 5) is 0. The van der Waals surface area contributed by atoms with Crippen molar-refractivity contribution >= 4 is 0 Å². The molecule has 0 amide bonds. The van der Waals surface area contributed by atoms with E-state index in [0.29, 0.717) is 12.6 Å². The SMILES string of the molecule is C#CCOc1c(C)cnn1C(C)C. The van der Waals surface area contributed by atoms with Crippen LogP contribution in [-0.2, 0) is 0 Å². The molecular formula is C10H14N2O. The highest BCUT2D eigenvalue weighted by Crippen LogP contribution is 2.20. The van der Waals surface area contributed by atoms with Gasteiger partial charge in [-0.1, -0.05) is 5.92 Å². The van der Waals surface area contributed by atoms with Crippen molar-refractivity contribution in [2.24, 2.45) is 0 Å². The van der Waals surface area contributed by atoms with Gasteiger partial charge in [0.05, 0.1) is 12.2 Å². The molecule has 3 nitrogen and oxygen atoms in total. The van der Waals surface area contributed by atoms with E-state index in [0.717, 1.165) is 11.4 Å². The van der Waals surface area contributed by atoms with Gasteiger partial charge in [0, 0.05) is 5.56 Å². The lowest BCUT2D eigenvalue weighted by Gasteiger charge is -2.10. The molecule has 70 valence electrons. The van der Waals surface area contributed by atoms with E-state index in [-0.39, 0.29) is 0 Å². The Morgan fingerprint density at radius 3 is 2.92 bits per heavy atom. The predicted molar refractivity (Wildman–Crippen MR) is 51.7 cm³/mol. The van der Waals surface area contributed by atoms with Crippen LogP contribution < -0.4 is 4.74 Å². The van der Waals surface area contributed by atoms with Crippen LogP contribution in [0.2, 0.25) is 0 Å². The quantitative estimate of drug-likeness (QED) is 0.660. The molecule has 0 aliphatic carbocycles. The summed E-state index contributed by atoms with van der Waals surface area (Å²) < 4.78 is 7.21. The van der Waals surface area contributed by atoms with E-state index in [9.17, 15) is 0 Å². The van der Waals surface area contributed by atoms with Crippen LogP contribution in [-0.4, -0.2) is 16.4 Å². The van der Waals surface area contributed by atoms with Crippen LogP contribution in [0.3, 0.4) is 0 Å². The number of aryl methyl sites for hydroxylation is 1. The number of nitrogens with zero attached hydrogens (tertiary/aromatic N) is 2. The van der Waals surface area contributed by atoms with Crippen LogP contribution in [0, 0.1) is 19.3 Å². The molecule has 0 bridgehead atoms. The van der Waals surface area contributed by atoms with Crippen molar-refractivity contribution in [3.05, 3.63) is 11.8 Å². The second-order valence-corrected chi connectivity index (χ2v) is 3.16. The smallest absolute Gasteiger partial charge is 0.215 e. The summed E-state index contributed by atoms with van der Waals surface area (Å²) in [7, 11) is 0. The van der Waals surface area contributed by atoms with Crippen molar-refractivity contribution in [3.8, 4) is 18.2 Å². The minimum Gasteiger partial charge on any atom is -0.464 e. The van der Waals surface area contributed by atoms with E-state index in [2.05, 4.69) is 24.9 Å². The van der Waals surface area contributed by atoms with Crippen molar-refractivity contribution in [2.45, 2.75) is 26.8 Å². The maximum Gasteiger partial charge on any atom is 0.215 e. The molecule has 13 heavy (non-hydrogen) atoms. The molecule has 0 atom stereocenters. The van der Waals surface area contributed by atoms with Crippen molar-refractivity contribution in [3.63, 3.8) is 0 Å². The third-order valence-electron chi connectivity index (χ3n) is 1.70. The van der Waals surface area contributed by atoms with Crippen LogP contribution in [0.5, 0.6) is 5.88 Å². The first-order valence-electron chi connectivity index (χ1n) is 4.27. The first-order valence-corrected chi connectivity index (χ1v) is 4.27. The number of terminal acetylenes is 1. The molecule has 1 heterocycles. The largest absolute Gasteiger partial charge is 0.464 e. The third-order valence-corrected chi connectivity index (χ3v) is 1.70. The highest BCUT2D eigenvalue weighted by atomic mass is 16.5. The number of hydrogen-bond acceptors (Lipinski definition) is 2. The van der Waals surface area contributed by atoms with Gasteiger partial charge in [-0.15, -0.1) is 6.42 Å². The fraction of sp³-hybridized carbons (Fsp3) is 0.500. The summed E-state index contributed by atoms with van der Waals surface area (Å²) in [5.74, 6) is 3.21. The Balaban J connectivity index is 2.89. The summed E-state index contributed by atoms with van der Waals surface area (Å²) in [6.45, 7) is 6.35. The van der Waals surface area contributed by atoms with E-state index in [1.807, 2.05) is 11.6 Å². The molecule has 1 rings (SSSR count). The Morgan fingerprint density at radius 1 is 1.69 bits per heavy atom. The second-order valence-electron chi connectivity index (χ2n) is 3.16. The molecule has 3 heteroatoms. The van der Waals surface area contributed by atoms with Gasteiger partial charge in [0.15, 0.2) is 6.61 Å². The Labute approximate surface area is 78.7 Å². The molecule has 1 aromatic rings. The van der Waals surface area contributed by atoms with E-state index in [1.54, 1.807) is 6.20 Å². The fourth-order valence-corrected chi connectivity index (χ4v) is 1.09. The first-order chi connectivity index (χ1) is 6.16. The monoisotopic (exact) mass is 178 g/mol. The molecule has 0 N–H and O–H groups in total. The molecule has 0 spiro atoms. The standard InChI is InChI=1S/C10H14N2O/c1-5-6-13-10-9(4)7-11-12(10)8(2)3/h1,7-8H,6H2,2-4H3. The Kier molecular flexibility index (Phi) is 2.97. The molecule has 0 fully saturated rings. The zero-order valence-corrected chi connectivity index (χ0v) is 8.24. The van der Waals surface area contributed by atoms with Gasteiger partial charge in [0.1, 0.15) is 0 Å². The Morgan fingerprint density at radius 2 is 2.38 bits per heavy atom. The second kappa shape index (κ2) is 3.99. The van der Waals surface area contributed by atoms with Crippen molar-refractivity contribution in [1.29, 1.82) is 0 Å². The van der Waals surface area contributed by atoms with Crippen LogP contribution >= 0.6 is 0 Å².